The van der Waals surface area contributed by atoms with Crippen molar-refractivity contribution in [1.82, 2.24) is 14.5 Å². The summed E-state index contributed by atoms with van der Waals surface area (Å²) in [5, 5.41) is 2.10. The second-order valence-corrected chi connectivity index (χ2v) is 7.00. The first kappa shape index (κ1) is 16.7. The van der Waals surface area contributed by atoms with E-state index in [2.05, 4.69) is 41.4 Å². The van der Waals surface area contributed by atoms with E-state index in [0.717, 1.165) is 33.3 Å². The number of pyridine rings is 1. The lowest BCUT2D eigenvalue weighted by Gasteiger charge is -2.11. The number of aromatic nitrogens is 3. The minimum atomic E-state index is 0.778. The molecule has 4 rings (SSSR count). The minimum absolute atomic E-state index is 0.778. The number of hydrogen-bond acceptors (Lipinski definition) is 4. The summed E-state index contributed by atoms with van der Waals surface area (Å²) in [6.45, 7) is 0. The van der Waals surface area contributed by atoms with Crippen LogP contribution in [0.2, 0.25) is 0 Å². The Morgan fingerprint density at radius 1 is 1.08 bits per heavy atom. The van der Waals surface area contributed by atoms with Gasteiger partial charge in [0.05, 0.1) is 23.4 Å². The van der Waals surface area contributed by atoms with Crippen molar-refractivity contribution in [2.75, 3.05) is 7.11 Å². The van der Waals surface area contributed by atoms with Crippen molar-refractivity contribution < 1.29 is 4.74 Å². The molecule has 0 atom stereocenters. The molecule has 0 saturated carbocycles. The zero-order chi connectivity index (χ0) is 17.9. The van der Waals surface area contributed by atoms with E-state index in [4.69, 9.17) is 9.72 Å². The van der Waals surface area contributed by atoms with Crippen LogP contribution in [0, 0.1) is 0 Å². The van der Waals surface area contributed by atoms with Crippen molar-refractivity contribution in [3.05, 3.63) is 72.8 Å². The number of imidazole rings is 1. The highest BCUT2D eigenvalue weighted by atomic mass is 32.2. The molecule has 0 radical (unpaired) electrons. The van der Waals surface area contributed by atoms with Gasteiger partial charge in [-0.05, 0) is 29.3 Å². The van der Waals surface area contributed by atoms with Gasteiger partial charge in [0.15, 0.2) is 0 Å². The Morgan fingerprint density at radius 3 is 2.65 bits per heavy atom. The lowest BCUT2D eigenvalue weighted by atomic mass is 10.0. The minimum Gasteiger partial charge on any atom is -0.497 e. The molecule has 4 nitrogen and oxygen atoms in total. The Labute approximate surface area is 156 Å². The summed E-state index contributed by atoms with van der Waals surface area (Å²) in [6.07, 6.45) is 3.79. The molecule has 0 fully saturated rings. The Morgan fingerprint density at radius 2 is 1.92 bits per heavy atom. The monoisotopic (exact) mass is 361 g/mol. The molecule has 130 valence electrons. The molecule has 4 aromatic rings. The van der Waals surface area contributed by atoms with Gasteiger partial charge >= 0.3 is 0 Å². The smallest absolute Gasteiger partial charge is 0.121 e. The molecule has 2 aromatic heterocycles. The number of methoxy groups -OCH3 is 1. The van der Waals surface area contributed by atoms with Gasteiger partial charge in [-0.1, -0.05) is 42.1 Å². The molecule has 2 heterocycles. The predicted octanol–water partition coefficient (Wildman–Crippen LogP) is 4.94. The van der Waals surface area contributed by atoms with Crippen LogP contribution in [0.3, 0.4) is 0 Å². The number of ether oxygens (including phenoxy) is 1. The third-order valence-electron chi connectivity index (χ3n) is 4.35. The summed E-state index contributed by atoms with van der Waals surface area (Å²) in [4.78, 5) is 9.24. The molecule has 0 aliphatic rings. The molecule has 2 aromatic carbocycles. The zero-order valence-electron chi connectivity index (χ0n) is 14.7. The third kappa shape index (κ3) is 3.30. The maximum absolute atomic E-state index is 5.38. The molecule has 26 heavy (non-hydrogen) atoms. The number of fused-ring (bicyclic) bond motifs is 1. The molecule has 0 spiro atoms. The van der Waals surface area contributed by atoms with E-state index in [1.807, 2.05) is 42.2 Å². The van der Waals surface area contributed by atoms with Crippen LogP contribution in [0.25, 0.3) is 22.0 Å². The van der Waals surface area contributed by atoms with Gasteiger partial charge in [-0.2, -0.15) is 0 Å². The van der Waals surface area contributed by atoms with E-state index in [9.17, 15) is 0 Å². The van der Waals surface area contributed by atoms with Crippen LogP contribution in [0.5, 0.6) is 5.75 Å². The molecular weight excluding hydrogens is 342 g/mol. The van der Waals surface area contributed by atoms with Gasteiger partial charge < -0.3 is 9.30 Å². The summed E-state index contributed by atoms with van der Waals surface area (Å²) in [5.74, 6) is 2.62. The molecular formula is C21H19N3OS. The van der Waals surface area contributed by atoms with Crippen molar-refractivity contribution in [2.45, 2.75) is 10.8 Å². The molecule has 0 aliphatic heterocycles. The standard InChI is InChI=1S/C21H19N3OS/c1-24-11-10-22-20(24)14-26-21-13-18(15-6-4-3-5-7-15)17-9-8-16(25-2)12-19(17)23-21/h3-13H,14H2,1-2H3. The highest BCUT2D eigenvalue weighted by Gasteiger charge is 2.10. The van der Waals surface area contributed by atoms with Gasteiger partial charge in [-0.15, -0.1) is 0 Å². The van der Waals surface area contributed by atoms with Crippen molar-refractivity contribution in [3.8, 4) is 16.9 Å². The fraction of sp³-hybridized carbons (Fsp3) is 0.143. The number of rotatable bonds is 5. The SMILES string of the molecule is COc1ccc2c(-c3ccccc3)cc(SCc3nccn3C)nc2c1. The van der Waals surface area contributed by atoms with Crippen LogP contribution >= 0.6 is 11.8 Å². The van der Waals surface area contributed by atoms with E-state index < -0.39 is 0 Å². The normalized spacial score (nSPS) is 11.0. The molecule has 0 N–H and O–H groups in total. The van der Waals surface area contributed by atoms with Crippen molar-refractivity contribution in [1.29, 1.82) is 0 Å². The molecule has 0 bridgehead atoms. The van der Waals surface area contributed by atoms with Gasteiger partial charge in [0.1, 0.15) is 11.6 Å². The lowest BCUT2D eigenvalue weighted by Crippen LogP contribution is -1.95. The highest BCUT2D eigenvalue weighted by molar-refractivity contribution is 7.98. The lowest BCUT2D eigenvalue weighted by molar-refractivity contribution is 0.415. The highest BCUT2D eigenvalue weighted by Crippen LogP contribution is 2.34. The first-order chi connectivity index (χ1) is 12.7. The zero-order valence-corrected chi connectivity index (χ0v) is 15.5. The van der Waals surface area contributed by atoms with E-state index in [1.54, 1.807) is 18.9 Å². The number of nitrogens with zero attached hydrogens (tertiary/aromatic N) is 3. The Balaban J connectivity index is 1.79. The maximum atomic E-state index is 5.38. The molecule has 5 heteroatoms. The molecule has 0 unspecified atom stereocenters. The summed E-state index contributed by atoms with van der Waals surface area (Å²) in [6, 6.07) is 18.6. The second kappa shape index (κ2) is 7.22. The number of aryl methyl sites for hydroxylation is 1. The van der Waals surface area contributed by atoms with Gasteiger partial charge in [-0.25, -0.2) is 9.97 Å². The average molecular weight is 361 g/mol. The second-order valence-electron chi connectivity index (χ2n) is 6.00. The van der Waals surface area contributed by atoms with Gasteiger partial charge in [0.25, 0.3) is 0 Å². The fourth-order valence-electron chi connectivity index (χ4n) is 2.92. The number of thioether (sulfide) groups is 1. The predicted molar refractivity (Wildman–Crippen MR) is 107 cm³/mol. The van der Waals surface area contributed by atoms with Crippen LogP contribution in [0.4, 0.5) is 0 Å². The first-order valence-corrected chi connectivity index (χ1v) is 9.36. The summed E-state index contributed by atoms with van der Waals surface area (Å²) < 4.78 is 7.42. The van der Waals surface area contributed by atoms with Crippen LogP contribution in [0.15, 0.2) is 72.0 Å². The van der Waals surface area contributed by atoms with Crippen molar-refractivity contribution in [3.63, 3.8) is 0 Å². The molecule has 0 saturated heterocycles. The third-order valence-corrected chi connectivity index (χ3v) is 5.26. The Kier molecular flexibility index (Phi) is 4.63. The van der Waals surface area contributed by atoms with Crippen molar-refractivity contribution >= 4 is 22.7 Å². The fourth-order valence-corrected chi connectivity index (χ4v) is 3.83. The summed E-state index contributed by atoms with van der Waals surface area (Å²) >= 11 is 1.69. The summed E-state index contributed by atoms with van der Waals surface area (Å²) in [7, 11) is 3.69. The van der Waals surface area contributed by atoms with E-state index in [0.29, 0.717) is 0 Å². The Bertz CT molecular complexity index is 1040. The van der Waals surface area contributed by atoms with E-state index in [1.165, 1.54) is 11.1 Å². The largest absolute Gasteiger partial charge is 0.497 e. The number of hydrogen-bond donors (Lipinski definition) is 0. The van der Waals surface area contributed by atoms with Gasteiger partial charge in [0.2, 0.25) is 0 Å². The number of benzene rings is 2. The van der Waals surface area contributed by atoms with Gasteiger partial charge in [0, 0.05) is 30.9 Å². The van der Waals surface area contributed by atoms with Crippen LogP contribution < -0.4 is 4.74 Å². The summed E-state index contributed by atoms with van der Waals surface area (Å²) in [5.41, 5.74) is 3.30. The topological polar surface area (TPSA) is 39.9 Å². The van der Waals surface area contributed by atoms with Crippen LogP contribution in [-0.2, 0) is 12.8 Å². The van der Waals surface area contributed by atoms with E-state index >= 15 is 0 Å². The quantitative estimate of drug-likeness (QED) is 0.472. The van der Waals surface area contributed by atoms with Crippen LogP contribution in [0.1, 0.15) is 5.82 Å². The Hall–Kier alpha value is -2.79. The molecule has 0 aliphatic carbocycles. The van der Waals surface area contributed by atoms with Crippen LogP contribution in [-0.4, -0.2) is 21.6 Å². The van der Waals surface area contributed by atoms with Crippen molar-refractivity contribution in [2.24, 2.45) is 7.05 Å². The first-order valence-electron chi connectivity index (χ1n) is 8.38. The maximum Gasteiger partial charge on any atom is 0.121 e. The average Bonchev–Trinajstić information content (AvgIpc) is 3.10. The van der Waals surface area contributed by atoms with E-state index in [-0.39, 0.29) is 0 Å². The molecule has 0 amide bonds. The van der Waals surface area contributed by atoms with Gasteiger partial charge in [-0.3, -0.25) is 0 Å².